The lowest BCUT2D eigenvalue weighted by Crippen LogP contribution is -2.40. The first kappa shape index (κ1) is 14.4. The van der Waals surface area contributed by atoms with Crippen LogP contribution in [0.5, 0.6) is 0 Å². The van der Waals surface area contributed by atoms with Crippen molar-refractivity contribution in [1.82, 2.24) is 20.4 Å². The highest BCUT2D eigenvalue weighted by Gasteiger charge is 2.12. The molecule has 0 fully saturated rings. The van der Waals surface area contributed by atoms with Gasteiger partial charge in [-0.25, -0.2) is 4.79 Å². The number of carbonyl (C=O) groups excluding carboxylic acids is 1. The fourth-order valence-electron chi connectivity index (χ4n) is 2.50. The van der Waals surface area contributed by atoms with Gasteiger partial charge in [0, 0.05) is 25.0 Å². The van der Waals surface area contributed by atoms with E-state index < -0.39 is 0 Å². The van der Waals surface area contributed by atoms with Crippen LogP contribution in [-0.2, 0) is 13.1 Å². The lowest BCUT2D eigenvalue weighted by atomic mass is 10.1. The molecule has 22 heavy (non-hydrogen) atoms. The Morgan fingerprint density at radius 2 is 1.91 bits per heavy atom. The van der Waals surface area contributed by atoms with Crippen molar-refractivity contribution in [3.63, 3.8) is 0 Å². The topological polar surface area (TPSA) is 59.0 Å². The summed E-state index contributed by atoms with van der Waals surface area (Å²) in [4.78, 5) is 11.8. The minimum absolute atomic E-state index is 0.102. The molecule has 114 valence electrons. The molecule has 0 saturated carbocycles. The molecule has 5 heteroatoms. The minimum Gasteiger partial charge on any atom is -0.335 e. The molecule has 0 spiro atoms. The first-order valence-electron chi connectivity index (χ1n) is 7.54. The molecule has 2 amide bonds. The summed E-state index contributed by atoms with van der Waals surface area (Å²) in [6.07, 6.45) is 9.77. The van der Waals surface area contributed by atoms with Crippen molar-refractivity contribution in [2.75, 3.05) is 0 Å². The third kappa shape index (κ3) is 3.97. The second-order valence-corrected chi connectivity index (χ2v) is 5.49. The normalized spacial score (nSPS) is 14.2. The van der Waals surface area contributed by atoms with E-state index in [0.29, 0.717) is 6.54 Å². The molecule has 0 aliphatic heterocycles. The zero-order valence-electron chi connectivity index (χ0n) is 12.4. The van der Waals surface area contributed by atoms with Crippen molar-refractivity contribution in [3.8, 4) is 0 Å². The first-order valence-corrected chi connectivity index (χ1v) is 7.54. The highest BCUT2D eigenvalue weighted by molar-refractivity contribution is 5.74. The number of hydrogen-bond donors (Lipinski definition) is 2. The van der Waals surface area contributed by atoms with Gasteiger partial charge >= 0.3 is 6.03 Å². The van der Waals surface area contributed by atoms with Gasteiger partial charge in [-0.15, -0.1) is 0 Å². The van der Waals surface area contributed by atoms with E-state index in [4.69, 9.17) is 0 Å². The van der Waals surface area contributed by atoms with Crippen molar-refractivity contribution in [3.05, 3.63) is 66.0 Å². The molecule has 1 heterocycles. The van der Waals surface area contributed by atoms with Crippen molar-refractivity contribution in [2.45, 2.75) is 32.0 Å². The van der Waals surface area contributed by atoms with Gasteiger partial charge in [-0.2, -0.15) is 5.10 Å². The summed E-state index contributed by atoms with van der Waals surface area (Å²) in [5.74, 6) is 0. The molecular weight excluding hydrogens is 276 g/mol. The number of aromatic nitrogens is 2. The van der Waals surface area contributed by atoms with Crippen LogP contribution in [0.25, 0.3) is 0 Å². The summed E-state index contributed by atoms with van der Waals surface area (Å²) < 4.78 is 1.89. The largest absolute Gasteiger partial charge is 0.335 e. The number of carbonyl (C=O) groups is 1. The zero-order chi connectivity index (χ0) is 15.2. The average molecular weight is 296 g/mol. The number of hydrogen-bond acceptors (Lipinski definition) is 2. The third-order valence-corrected chi connectivity index (χ3v) is 3.72. The standard InChI is InChI=1S/C17H20N4O/c22-17(20-16-4-1-2-5-16)18-12-14-6-8-15(9-7-14)13-21-11-3-10-19-21/h1-3,6-11,16H,4-5,12-13H2,(H2,18,20,22). The van der Waals surface area contributed by atoms with Gasteiger partial charge in [0.2, 0.25) is 0 Å². The highest BCUT2D eigenvalue weighted by Crippen LogP contribution is 2.09. The lowest BCUT2D eigenvalue weighted by Gasteiger charge is -2.13. The predicted molar refractivity (Wildman–Crippen MR) is 85.3 cm³/mol. The summed E-state index contributed by atoms with van der Waals surface area (Å²) in [6.45, 7) is 1.30. The predicted octanol–water partition coefficient (Wildman–Crippen LogP) is 2.45. The molecule has 0 atom stereocenters. The van der Waals surface area contributed by atoms with Gasteiger partial charge in [0.1, 0.15) is 0 Å². The molecule has 5 nitrogen and oxygen atoms in total. The highest BCUT2D eigenvalue weighted by atomic mass is 16.2. The summed E-state index contributed by atoms with van der Waals surface area (Å²) in [5.41, 5.74) is 2.28. The number of benzene rings is 1. The molecule has 0 unspecified atom stereocenters. The summed E-state index contributed by atoms with van der Waals surface area (Å²) in [7, 11) is 0. The van der Waals surface area contributed by atoms with Crippen LogP contribution in [0.3, 0.4) is 0 Å². The first-order chi connectivity index (χ1) is 10.8. The Morgan fingerprint density at radius 3 is 2.59 bits per heavy atom. The zero-order valence-corrected chi connectivity index (χ0v) is 12.4. The number of nitrogens with zero attached hydrogens (tertiary/aromatic N) is 2. The molecule has 1 aromatic heterocycles. The number of amides is 2. The van der Waals surface area contributed by atoms with E-state index in [-0.39, 0.29) is 12.1 Å². The van der Waals surface area contributed by atoms with Gasteiger partial charge in [0.25, 0.3) is 0 Å². The van der Waals surface area contributed by atoms with E-state index in [1.165, 1.54) is 5.56 Å². The lowest BCUT2D eigenvalue weighted by molar-refractivity contribution is 0.237. The quantitative estimate of drug-likeness (QED) is 0.833. The van der Waals surface area contributed by atoms with Gasteiger partial charge in [0.15, 0.2) is 0 Å². The summed E-state index contributed by atoms with van der Waals surface area (Å²) in [5, 5.41) is 10.1. The fraction of sp³-hybridized carbons (Fsp3) is 0.294. The molecule has 0 bridgehead atoms. The maximum absolute atomic E-state index is 11.8. The van der Waals surface area contributed by atoms with E-state index in [0.717, 1.165) is 24.9 Å². The Bertz CT molecular complexity index is 623. The fourth-order valence-corrected chi connectivity index (χ4v) is 2.50. The Labute approximate surface area is 130 Å². The summed E-state index contributed by atoms with van der Waals surface area (Å²) >= 11 is 0. The number of nitrogens with one attached hydrogen (secondary N) is 2. The second kappa shape index (κ2) is 6.93. The molecule has 1 aliphatic carbocycles. The van der Waals surface area contributed by atoms with Gasteiger partial charge < -0.3 is 10.6 Å². The Balaban J connectivity index is 1.45. The minimum atomic E-state index is -0.102. The summed E-state index contributed by atoms with van der Waals surface area (Å²) in [6, 6.07) is 10.3. The van der Waals surface area contributed by atoms with E-state index in [2.05, 4.69) is 40.0 Å². The molecule has 0 radical (unpaired) electrons. The Morgan fingerprint density at radius 1 is 1.18 bits per heavy atom. The Kier molecular flexibility index (Phi) is 4.53. The number of rotatable bonds is 5. The van der Waals surface area contributed by atoms with Crippen LogP contribution in [0.1, 0.15) is 24.0 Å². The molecule has 1 aliphatic rings. The van der Waals surface area contributed by atoms with Crippen LogP contribution in [0.2, 0.25) is 0 Å². The van der Waals surface area contributed by atoms with Gasteiger partial charge in [-0.1, -0.05) is 36.4 Å². The molecule has 0 saturated heterocycles. The number of urea groups is 1. The molecule has 2 N–H and O–H groups in total. The molecule has 2 aromatic rings. The van der Waals surface area contributed by atoms with Crippen molar-refractivity contribution in [1.29, 1.82) is 0 Å². The third-order valence-electron chi connectivity index (χ3n) is 3.72. The van der Waals surface area contributed by atoms with Crippen LogP contribution in [0.4, 0.5) is 4.79 Å². The van der Waals surface area contributed by atoms with E-state index in [1.807, 2.05) is 29.1 Å². The average Bonchev–Trinajstić information content (AvgIpc) is 3.20. The van der Waals surface area contributed by atoms with Crippen LogP contribution < -0.4 is 10.6 Å². The maximum Gasteiger partial charge on any atom is 0.315 e. The van der Waals surface area contributed by atoms with E-state index in [9.17, 15) is 4.79 Å². The second-order valence-electron chi connectivity index (χ2n) is 5.49. The van der Waals surface area contributed by atoms with Crippen molar-refractivity contribution in [2.24, 2.45) is 0 Å². The maximum atomic E-state index is 11.8. The van der Waals surface area contributed by atoms with Crippen LogP contribution >= 0.6 is 0 Å². The van der Waals surface area contributed by atoms with Crippen molar-refractivity contribution < 1.29 is 4.79 Å². The van der Waals surface area contributed by atoms with Crippen LogP contribution in [0, 0.1) is 0 Å². The smallest absolute Gasteiger partial charge is 0.315 e. The van der Waals surface area contributed by atoms with Gasteiger partial charge in [-0.05, 0) is 30.0 Å². The van der Waals surface area contributed by atoms with Gasteiger partial charge in [0.05, 0.1) is 6.54 Å². The van der Waals surface area contributed by atoms with Crippen LogP contribution in [0.15, 0.2) is 54.9 Å². The molecule has 1 aromatic carbocycles. The van der Waals surface area contributed by atoms with E-state index in [1.54, 1.807) is 6.20 Å². The van der Waals surface area contributed by atoms with Gasteiger partial charge in [-0.3, -0.25) is 4.68 Å². The Hall–Kier alpha value is -2.56. The SMILES string of the molecule is O=C(NCc1ccc(Cn2cccn2)cc1)NC1CC=CC1. The van der Waals surface area contributed by atoms with Crippen LogP contribution in [-0.4, -0.2) is 21.9 Å². The molecular formula is C17H20N4O. The monoisotopic (exact) mass is 296 g/mol. The van der Waals surface area contributed by atoms with E-state index >= 15 is 0 Å². The van der Waals surface area contributed by atoms with Crippen molar-refractivity contribution >= 4 is 6.03 Å². The molecule has 3 rings (SSSR count).